The molecule has 0 saturated carbocycles. The van der Waals surface area contributed by atoms with Gasteiger partial charge in [-0.2, -0.15) is 4.31 Å². The van der Waals surface area contributed by atoms with E-state index in [0.717, 1.165) is 11.1 Å². The zero-order valence-electron chi connectivity index (χ0n) is 16.0. The smallest absolute Gasteiger partial charge is 0.262 e. The largest absolute Gasteiger partial charge is 0.483 e. The van der Waals surface area contributed by atoms with Gasteiger partial charge in [0, 0.05) is 18.8 Å². The van der Waals surface area contributed by atoms with Gasteiger partial charge >= 0.3 is 0 Å². The number of nitrogens with zero attached hydrogens (tertiary/aromatic N) is 1. The summed E-state index contributed by atoms with van der Waals surface area (Å²) in [5.74, 6) is 0.292. The van der Waals surface area contributed by atoms with Crippen molar-refractivity contribution in [2.24, 2.45) is 0 Å². The molecule has 0 aromatic heterocycles. The number of hydrogen-bond acceptors (Lipinski definition) is 5. The molecule has 1 fully saturated rings. The zero-order chi connectivity index (χ0) is 20.1. The third kappa shape index (κ3) is 4.70. The van der Waals surface area contributed by atoms with Crippen molar-refractivity contribution in [1.82, 2.24) is 4.31 Å². The van der Waals surface area contributed by atoms with Crippen LogP contribution >= 0.6 is 0 Å². The Morgan fingerprint density at radius 3 is 2.61 bits per heavy atom. The van der Waals surface area contributed by atoms with Gasteiger partial charge in [0.05, 0.1) is 18.1 Å². The number of hydrogen-bond donors (Lipinski definition) is 1. The molecule has 0 aliphatic carbocycles. The third-order valence-electron chi connectivity index (χ3n) is 4.64. The Bertz CT molecular complexity index is 953. The molecule has 1 aliphatic rings. The van der Waals surface area contributed by atoms with Crippen LogP contribution in [0.2, 0.25) is 0 Å². The summed E-state index contributed by atoms with van der Waals surface area (Å²) >= 11 is 0. The van der Waals surface area contributed by atoms with E-state index in [1.54, 1.807) is 12.1 Å². The van der Waals surface area contributed by atoms with Crippen LogP contribution in [0.15, 0.2) is 47.4 Å². The highest BCUT2D eigenvalue weighted by Crippen LogP contribution is 2.22. The number of benzene rings is 2. The van der Waals surface area contributed by atoms with Gasteiger partial charge in [0.25, 0.3) is 5.91 Å². The number of ether oxygens (including phenoxy) is 2. The minimum absolute atomic E-state index is 0.141. The molecule has 8 heteroatoms. The molecule has 0 radical (unpaired) electrons. The van der Waals surface area contributed by atoms with Crippen molar-refractivity contribution in [3.05, 3.63) is 53.6 Å². The lowest BCUT2D eigenvalue weighted by atomic mass is 10.1. The molecule has 1 amide bonds. The number of morpholine rings is 1. The van der Waals surface area contributed by atoms with Gasteiger partial charge < -0.3 is 14.8 Å². The Labute approximate surface area is 165 Å². The molecule has 1 N–H and O–H groups in total. The SMILES string of the molecule is Cc1cccc(OCC(=O)Nc2cccc(S(=O)(=O)N3CCOCC3)c2)c1C. The number of carbonyl (C=O) groups is 1. The highest BCUT2D eigenvalue weighted by atomic mass is 32.2. The molecule has 0 atom stereocenters. The van der Waals surface area contributed by atoms with Crippen molar-refractivity contribution in [1.29, 1.82) is 0 Å². The van der Waals surface area contributed by atoms with Gasteiger partial charge in [-0.15, -0.1) is 0 Å². The average molecular weight is 404 g/mol. The highest BCUT2D eigenvalue weighted by molar-refractivity contribution is 7.89. The lowest BCUT2D eigenvalue weighted by Gasteiger charge is -2.26. The van der Waals surface area contributed by atoms with E-state index in [1.165, 1.54) is 16.4 Å². The predicted octanol–water partition coefficient (Wildman–Crippen LogP) is 2.34. The Kier molecular flexibility index (Phi) is 6.33. The summed E-state index contributed by atoms with van der Waals surface area (Å²) in [4.78, 5) is 12.4. The summed E-state index contributed by atoms with van der Waals surface area (Å²) in [5.41, 5.74) is 2.47. The summed E-state index contributed by atoms with van der Waals surface area (Å²) in [5, 5.41) is 2.69. The maximum Gasteiger partial charge on any atom is 0.262 e. The van der Waals surface area contributed by atoms with Crippen LogP contribution in [-0.2, 0) is 19.6 Å². The molecule has 2 aromatic rings. The fraction of sp³-hybridized carbons (Fsp3) is 0.350. The van der Waals surface area contributed by atoms with Gasteiger partial charge in [-0.1, -0.05) is 18.2 Å². The molecule has 2 aromatic carbocycles. The van der Waals surface area contributed by atoms with E-state index in [2.05, 4.69) is 5.32 Å². The molecule has 1 heterocycles. The standard InChI is InChI=1S/C20H24N2O5S/c1-15-5-3-8-19(16(15)2)27-14-20(23)21-17-6-4-7-18(13-17)28(24,25)22-9-11-26-12-10-22/h3-8,13H,9-12,14H2,1-2H3,(H,21,23). The van der Waals surface area contributed by atoms with Gasteiger partial charge in [-0.3, -0.25) is 4.79 Å². The second-order valence-corrected chi connectivity index (χ2v) is 8.52. The lowest BCUT2D eigenvalue weighted by molar-refractivity contribution is -0.118. The fourth-order valence-electron chi connectivity index (χ4n) is 2.89. The second-order valence-electron chi connectivity index (χ2n) is 6.58. The van der Waals surface area contributed by atoms with Gasteiger partial charge in [0.2, 0.25) is 10.0 Å². The quantitative estimate of drug-likeness (QED) is 0.799. The van der Waals surface area contributed by atoms with Crippen molar-refractivity contribution in [3.63, 3.8) is 0 Å². The maximum atomic E-state index is 12.7. The molecule has 1 saturated heterocycles. The van der Waals surface area contributed by atoms with Gasteiger partial charge in [-0.05, 0) is 49.2 Å². The monoisotopic (exact) mass is 404 g/mol. The van der Waals surface area contributed by atoms with Gasteiger partial charge in [-0.25, -0.2) is 8.42 Å². The van der Waals surface area contributed by atoms with Crippen LogP contribution in [0.5, 0.6) is 5.75 Å². The van der Waals surface area contributed by atoms with Crippen molar-refractivity contribution >= 4 is 21.6 Å². The maximum absolute atomic E-state index is 12.7. The van der Waals surface area contributed by atoms with Crippen LogP contribution in [0.25, 0.3) is 0 Å². The van der Waals surface area contributed by atoms with Crippen LogP contribution in [0.1, 0.15) is 11.1 Å². The molecule has 0 bridgehead atoms. The number of nitrogens with one attached hydrogen (secondary N) is 1. The van der Waals surface area contributed by atoms with E-state index in [9.17, 15) is 13.2 Å². The van der Waals surface area contributed by atoms with Crippen LogP contribution in [-0.4, -0.2) is 51.5 Å². The Balaban J connectivity index is 1.65. The van der Waals surface area contributed by atoms with Gasteiger partial charge in [0.1, 0.15) is 5.75 Å². The third-order valence-corrected chi connectivity index (χ3v) is 6.53. The summed E-state index contributed by atoms with van der Waals surface area (Å²) in [7, 11) is -3.62. The van der Waals surface area contributed by atoms with E-state index in [0.29, 0.717) is 37.7 Å². The van der Waals surface area contributed by atoms with E-state index in [-0.39, 0.29) is 17.4 Å². The molecule has 3 rings (SSSR count). The minimum atomic E-state index is -3.62. The first kappa shape index (κ1) is 20.3. The van der Waals surface area contributed by atoms with Crippen LogP contribution in [0.4, 0.5) is 5.69 Å². The summed E-state index contributed by atoms with van der Waals surface area (Å²) in [6.45, 7) is 5.15. The van der Waals surface area contributed by atoms with E-state index < -0.39 is 10.0 Å². The molecule has 28 heavy (non-hydrogen) atoms. The fourth-order valence-corrected chi connectivity index (χ4v) is 4.35. The topological polar surface area (TPSA) is 84.9 Å². The average Bonchev–Trinajstić information content (AvgIpc) is 2.70. The minimum Gasteiger partial charge on any atom is -0.483 e. The molecular formula is C20H24N2O5S. The summed E-state index contributed by atoms with van der Waals surface area (Å²) < 4.78 is 37.7. The highest BCUT2D eigenvalue weighted by Gasteiger charge is 2.26. The number of carbonyl (C=O) groups excluding carboxylic acids is 1. The number of rotatable bonds is 6. The summed E-state index contributed by atoms with van der Waals surface area (Å²) in [6.07, 6.45) is 0. The normalized spacial score (nSPS) is 15.2. The lowest BCUT2D eigenvalue weighted by Crippen LogP contribution is -2.40. The number of aryl methyl sites for hydroxylation is 1. The van der Waals surface area contributed by atoms with Crippen LogP contribution in [0.3, 0.4) is 0 Å². The first-order valence-corrected chi connectivity index (χ1v) is 10.5. The number of anilines is 1. The Morgan fingerprint density at radius 1 is 1.14 bits per heavy atom. The molecule has 0 unspecified atom stereocenters. The predicted molar refractivity (Wildman–Crippen MR) is 106 cm³/mol. The Morgan fingerprint density at radius 2 is 1.86 bits per heavy atom. The Hall–Kier alpha value is -2.42. The molecule has 1 aliphatic heterocycles. The molecular weight excluding hydrogens is 380 g/mol. The zero-order valence-corrected chi connectivity index (χ0v) is 16.8. The molecule has 7 nitrogen and oxygen atoms in total. The number of sulfonamides is 1. The molecule has 150 valence electrons. The first-order chi connectivity index (χ1) is 13.4. The van der Waals surface area contributed by atoms with Crippen molar-refractivity contribution < 1.29 is 22.7 Å². The number of amides is 1. The molecule has 0 spiro atoms. The van der Waals surface area contributed by atoms with Crippen molar-refractivity contribution in [3.8, 4) is 5.75 Å². The van der Waals surface area contributed by atoms with Gasteiger partial charge in [0.15, 0.2) is 6.61 Å². The van der Waals surface area contributed by atoms with Crippen molar-refractivity contribution in [2.45, 2.75) is 18.7 Å². The van der Waals surface area contributed by atoms with Crippen LogP contribution in [0, 0.1) is 13.8 Å². The second kappa shape index (κ2) is 8.72. The first-order valence-electron chi connectivity index (χ1n) is 9.05. The van der Waals surface area contributed by atoms with E-state index in [1.807, 2.05) is 32.0 Å². The van der Waals surface area contributed by atoms with Crippen LogP contribution < -0.4 is 10.1 Å². The van der Waals surface area contributed by atoms with Crippen molar-refractivity contribution in [2.75, 3.05) is 38.2 Å². The summed E-state index contributed by atoms with van der Waals surface area (Å²) in [6, 6.07) is 11.9. The van der Waals surface area contributed by atoms with E-state index in [4.69, 9.17) is 9.47 Å². The van der Waals surface area contributed by atoms with E-state index >= 15 is 0 Å².